The van der Waals surface area contributed by atoms with Crippen molar-refractivity contribution in [1.29, 1.82) is 0 Å². The van der Waals surface area contributed by atoms with Gasteiger partial charge in [0.25, 0.3) is 0 Å². The molecule has 0 saturated carbocycles. The molecule has 84 valence electrons. The minimum atomic E-state index is -0.231. The monoisotopic (exact) mass is 218 g/mol. The van der Waals surface area contributed by atoms with Gasteiger partial charge in [-0.15, -0.1) is 0 Å². The van der Waals surface area contributed by atoms with E-state index in [1.165, 1.54) is 12.1 Å². The number of pyridine rings is 1. The fraction of sp³-hybridized carbons (Fsp3) is 0.308. The van der Waals surface area contributed by atoms with Gasteiger partial charge in [-0.25, -0.2) is 9.37 Å². The van der Waals surface area contributed by atoms with E-state index in [0.29, 0.717) is 5.52 Å². The summed E-state index contributed by atoms with van der Waals surface area (Å²) < 4.78 is 13.2. The van der Waals surface area contributed by atoms with E-state index < -0.39 is 0 Å². The Kier molecular flexibility index (Phi) is 3.04. The summed E-state index contributed by atoms with van der Waals surface area (Å²) in [4.78, 5) is 4.38. The van der Waals surface area contributed by atoms with Crippen LogP contribution >= 0.6 is 0 Å². The fourth-order valence-corrected chi connectivity index (χ4v) is 1.73. The number of halogens is 1. The summed E-state index contributed by atoms with van der Waals surface area (Å²) in [6.07, 6.45) is 1.04. The van der Waals surface area contributed by atoms with Crippen molar-refractivity contribution >= 4 is 16.7 Å². The number of benzene rings is 1. The summed E-state index contributed by atoms with van der Waals surface area (Å²) in [6.45, 7) is 4.87. The summed E-state index contributed by atoms with van der Waals surface area (Å²) in [6, 6.07) is 6.92. The van der Waals surface area contributed by atoms with Crippen LogP contribution in [0.1, 0.15) is 18.9 Å². The third-order valence-corrected chi connectivity index (χ3v) is 2.53. The molecule has 2 aromatic rings. The Hall–Kier alpha value is -1.64. The molecule has 2 nitrogen and oxygen atoms in total. The Labute approximate surface area is 94.5 Å². The Balaban J connectivity index is 2.45. The van der Waals surface area contributed by atoms with Crippen LogP contribution in [-0.4, -0.2) is 11.5 Å². The summed E-state index contributed by atoms with van der Waals surface area (Å²) in [5.74, 6) is 0.574. The molecular weight excluding hydrogens is 203 g/mol. The second-order valence-electron chi connectivity index (χ2n) is 3.91. The SMILES string of the molecule is CCCNc1ccc2c(C)cc(F)cc2n1. The van der Waals surface area contributed by atoms with Crippen molar-refractivity contribution in [2.75, 3.05) is 11.9 Å². The van der Waals surface area contributed by atoms with Gasteiger partial charge in [0.1, 0.15) is 11.6 Å². The molecule has 0 aliphatic rings. The van der Waals surface area contributed by atoms with Crippen LogP contribution in [0.4, 0.5) is 10.2 Å². The molecule has 1 N–H and O–H groups in total. The summed E-state index contributed by atoms with van der Waals surface area (Å²) in [5, 5.41) is 4.20. The Morgan fingerprint density at radius 3 is 2.88 bits per heavy atom. The van der Waals surface area contributed by atoms with Gasteiger partial charge in [-0.2, -0.15) is 0 Å². The van der Waals surface area contributed by atoms with Crippen molar-refractivity contribution in [1.82, 2.24) is 4.98 Å². The quantitative estimate of drug-likeness (QED) is 0.852. The third-order valence-electron chi connectivity index (χ3n) is 2.53. The van der Waals surface area contributed by atoms with Gasteiger partial charge in [0.15, 0.2) is 0 Å². The molecule has 3 heteroatoms. The highest BCUT2D eigenvalue weighted by molar-refractivity contribution is 5.83. The zero-order chi connectivity index (χ0) is 11.5. The summed E-state index contributed by atoms with van der Waals surface area (Å²) in [5.41, 5.74) is 1.63. The number of nitrogens with zero attached hydrogens (tertiary/aromatic N) is 1. The molecule has 0 unspecified atom stereocenters. The van der Waals surface area contributed by atoms with Gasteiger partial charge in [-0.05, 0) is 37.1 Å². The first kappa shape index (κ1) is 10.9. The molecular formula is C13H15FN2. The van der Waals surface area contributed by atoms with Crippen LogP contribution in [0, 0.1) is 12.7 Å². The molecule has 0 aliphatic heterocycles. The highest BCUT2D eigenvalue weighted by atomic mass is 19.1. The summed E-state index contributed by atoms with van der Waals surface area (Å²) in [7, 11) is 0. The molecule has 0 saturated heterocycles. The van der Waals surface area contributed by atoms with Crippen molar-refractivity contribution in [3.05, 3.63) is 35.6 Å². The van der Waals surface area contributed by atoms with Crippen molar-refractivity contribution in [3.63, 3.8) is 0 Å². The number of aryl methyl sites for hydroxylation is 1. The molecule has 0 atom stereocenters. The standard InChI is InChI=1S/C13H15FN2/c1-3-6-15-13-5-4-11-9(2)7-10(14)8-12(11)16-13/h4-5,7-8H,3,6H2,1-2H3,(H,15,16). The van der Waals surface area contributed by atoms with Gasteiger partial charge in [-0.3, -0.25) is 0 Å². The van der Waals surface area contributed by atoms with Crippen LogP contribution in [0.2, 0.25) is 0 Å². The molecule has 0 radical (unpaired) electrons. The normalized spacial score (nSPS) is 10.7. The topological polar surface area (TPSA) is 24.9 Å². The number of hydrogen-bond acceptors (Lipinski definition) is 2. The molecule has 0 spiro atoms. The predicted molar refractivity (Wildman–Crippen MR) is 65.2 cm³/mol. The van der Waals surface area contributed by atoms with E-state index in [1.807, 2.05) is 19.1 Å². The zero-order valence-corrected chi connectivity index (χ0v) is 9.55. The number of anilines is 1. The van der Waals surface area contributed by atoms with Crippen molar-refractivity contribution in [3.8, 4) is 0 Å². The maximum absolute atomic E-state index is 13.2. The molecule has 1 heterocycles. The lowest BCUT2D eigenvalue weighted by Crippen LogP contribution is -2.01. The lowest BCUT2D eigenvalue weighted by atomic mass is 10.1. The molecule has 0 aliphatic carbocycles. The smallest absolute Gasteiger partial charge is 0.126 e. The van der Waals surface area contributed by atoms with Crippen molar-refractivity contribution in [2.45, 2.75) is 20.3 Å². The lowest BCUT2D eigenvalue weighted by molar-refractivity contribution is 0.628. The molecule has 16 heavy (non-hydrogen) atoms. The van der Waals surface area contributed by atoms with Gasteiger partial charge in [0.2, 0.25) is 0 Å². The molecule has 0 bridgehead atoms. The number of hydrogen-bond donors (Lipinski definition) is 1. The maximum atomic E-state index is 13.2. The van der Waals surface area contributed by atoms with Gasteiger partial charge < -0.3 is 5.32 Å². The van der Waals surface area contributed by atoms with Gasteiger partial charge in [0, 0.05) is 18.0 Å². The predicted octanol–water partition coefficient (Wildman–Crippen LogP) is 3.50. The third kappa shape index (κ3) is 2.13. The Morgan fingerprint density at radius 2 is 2.12 bits per heavy atom. The van der Waals surface area contributed by atoms with Gasteiger partial charge in [-0.1, -0.05) is 6.92 Å². The Bertz CT molecular complexity index is 509. The molecule has 2 rings (SSSR count). The lowest BCUT2D eigenvalue weighted by Gasteiger charge is -2.06. The van der Waals surface area contributed by atoms with Crippen LogP contribution in [0.15, 0.2) is 24.3 Å². The average Bonchev–Trinajstić information content (AvgIpc) is 2.25. The number of nitrogens with one attached hydrogen (secondary N) is 1. The van der Waals surface area contributed by atoms with Crippen molar-refractivity contribution < 1.29 is 4.39 Å². The summed E-state index contributed by atoms with van der Waals surface area (Å²) >= 11 is 0. The average molecular weight is 218 g/mol. The van der Waals surface area contributed by atoms with E-state index in [1.54, 1.807) is 0 Å². The first-order valence-corrected chi connectivity index (χ1v) is 5.51. The first-order chi connectivity index (χ1) is 7.70. The van der Waals surface area contributed by atoms with Crippen LogP contribution < -0.4 is 5.32 Å². The van der Waals surface area contributed by atoms with Crippen LogP contribution in [0.5, 0.6) is 0 Å². The first-order valence-electron chi connectivity index (χ1n) is 5.51. The van der Waals surface area contributed by atoms with Crippen LogP contribution in [-0.2, 0) is 0 Å². The van der Waals surface area contributed by atoms with E-state index in [-0.39, 0.29) is 5.82 Å². The molecule has 0 amide bonds. The van der Waals surface area contributed by atoms with Gasteiger partial charge in [0.05, 0.1) is 5.52 Å². The van der Waals surface area contributed by atoms with E-state index in [4.69, 9.17) is 0 Å². The second-order valence-corrected chi connectivity index (χ2v) is 3.91. The van der Waals surface area contributed by atoms with E-state index in [9.17, 15) is 4.39 Å². The second kappa shape index (κ2) is 4.47. The highest BCUT2D eigenvalue weighted by Gasteiger charge is 2.03. The zero-order valence-electron chi connectivity index (χ0n) is 9.55. The van der Waals surface area contributed by atoms with Crippen LogP contribution in [0.3, 0.4) is 0 Å². The number of aromatic nitrogens is 1. The van der Waals surface area contributed by atoms with Crippen LogP contribution in [0.25, 0.3) is 10.9 Å². The number of fused-ring (bicyclic) bond motifs is 1. The highest BCUT2D eigenvalue weighted by Crippen LogP contribution is 2.20. The fourth-order valence-electron chi connectivity index (χ4n) is 1.73. The van der Waals surface area contributed by atoms with Gasteiger partial charge >= 0.3 is 0 Å². The molecule has 1 aromatic carbocycles. The van der Waals surface area contributed by atoms with E-state index >= 15 is 0 Å². The minimum Gasteiger partial charge on any atom is -0.370 e. The minimum absolute atomic E-state index is 0.231. The largest absolute Gasteiger partial charge is 0.370 e. The molecule has 1 aromatic heterocycles. The van der Waals surface area contributed by atoms with E-state index in [2.05, 4.69) is 17.2 Å². The maximum Gasteiger partial charge on any atom is 0.126 e. The molecule has 0 fully saturated rings. The van der Waals surface area contributed by atoms with Crippen molar-refractivity contribution in [2.24, 2.45) is 0 Å². The Morgan fingerprint density at radius 1 is 1.31 bits per heavy atom. The number of rotatable bonds is 3. The van der Waals surface area contributed by atoms with E-state index in [0.717, 1.165) is 29.7 Å².